The third-order valence-corrected chi connectivity index (χ3v) is 2.88. The summed E-state index contributed by atoms with van der Waals surface area (Å²) in [5, 5.41) is 3.37. The van der Waals surface area contributed by atoms with Gasteiger partial charge in [0.05, 0.1) is 0 Å². The lowest BCUT2D eigenvalue weighted by molar-refractivity contribution is -0.131. The molecule has 0 spiro atoms. The smallest absolute Gasteiger partial charge is 0.220 e. The Bertz CT molecular complexity index is 376. The SMILES string of the molecule is CC(=O)N1Cc2ccccc2NC[C@H]1C. The molecule has 3 heteroatoms. The average Bonchev–Trinajstić information content (AvgIpc) is 2.39. The fraction of sp³-hybridized carbons (Fsp3) is 0.417. The monoisotopic (exact) mass is 204 g/mol. The molecule has 15 heavy (non-hydrogen) atoms. The minimum atomic E-state index is 0.140. The number of nitrogens with zero attached hydrogens (tertiary/aromatic N) is 1. The summed E-state index contributed by atoms with van der Waals surface area (Å²) in [7, 11) is 0. The van der Waals surface area contributed by atoms with Crippen molar-refractivity contribution in [3.63, 3.8) is 0 Å². The first-order chi connectivity index (χ1) is 7.18. The van der Waals surface area contributed by atoms with Gasteiger partial charge in [-0.1, -0.05) is 18.2 Å². The van der Waals surface area contributed by atoms with E-state index in [0.29, 0.717) is 6.54 Å². The second-order valence-corrected chi connectivity index (χ2v) is 4.03. The van der Waals surface area contributed by atoms with Gasteiger partial charge >= 0.3 is 0 Å². The Balaban J connectivity index is 2.31. The van der Waals surface area contributed by atoms with Crippen LogP contribution in [0.5, 0.6) is 0 Å². The van der Waals surface area contributed by atoms with E-state index >= 15 is 0 Å². The second-order valence-electron chi connectivity index (χ2n) is 4.03. The number of amides is 1. The van der Waals surface area contributed by atoms with E-state index in [1.165, 1.54) is 5.56 Å². The summed E-state index contributed by atoms with van der Waals surface area (Å²) >= 11 is 0. The first kappa shape index (κ1) is 10.0. The fourth-order valence-corrected chi connectivity index (χ4v) is 1.96. The summed E-state index contributed by atoms with van der Waals surface area (Å²) < 4.78 is 0. The van der Waals surface area contributed by atoms with E-state index in [1.54, 1.807) is 6.92 Å². The summed E-state index contributed by atoms with van der Waals surface area (Å²) in [5.41, 5.74) is 2.34. The minimum absolute atomic E-state index is 0.140. The molecule has 0 saturated carbocycles. The lowest BCUT2D eigenvalue weighted by atomic mass is 10.1. The number of carbonyl (C=O) groups is 1. The van der Waals surface area contributed by atoms with E-state index in [-0.39, 0.29) is 11.9 Å². The van der Waals surface area contributed by atoms with Gasteiger partial charge in [-0.05, 0) is 18.6 Å². The van der Waals surface area contributed by atoms with E-state index in [2.05, 4.69) is 24.4 Å². The third-order valence-electron chi connectivity index (χ3n) is 2.88. The van der Waals surface area contributed by atoms with E-state index in [9.17, 15) is 4.79 Å². The van der Waals surface area contributed by atoms with Crippen molar-refractivity contribution in [3.05, 3.63) is 29.8 Å². The van der Waals surface area contributed by atoms with E-state index in [0.717, 1.165) is 12.2 Å². The molecular weight excluding hydrogens is 188 g/mol. The van der Waals surface area contributed by atoms with Crippen LogP contribution in [0.3, 0.4) is 0 Å². The molecule has 0 aliphatic carbocycles. The van der Waals surface area contributed by atoms with Crippen molar-refractivity contribution in [3.8, 4) is 0 Å². The van der Waals surface area contributed by atoms with Crippen LogP contribution in [0.15, 0.2) is 24.3 Å². The van der Waals surface area contributed by atoms with Gasteiger partial charge in [-0.3, -0.25) is 4.79 Å². The van der Waals surface area contributed by atoms with Crippen molar-refractivity contribution in [2.24, 2.45) is 0 Å². The molecular formula is C12H16N2O. The normalized spacial score (nSPS) is 20.1. The van der Waals surface area contributed by atoms with Crippen LogP contribution in [-0.2, 0) is 11.3 Å². The van der Waals surface area contributed by atoms with Gasteiger partial charge in [0.25, 0.3) is 0 Å². The van der Waals surface area contributed by atoms with Crippen LogP contribution in [0.25, 0.3) is 0 Å². The molecule has 0 fully saturated rings. The Hall–Kier alpha value is -1.51. The van der Waals surface area contributed by atoms with E-state index in [4.69, 9.17) is 0 Å². The van der Waals surface area contributed by atoms with Crippen LogP contribution in [0.1, 0.15) is 19.4 Å². The van der Waals surface area contributed by atoms with Gasteiger partial charge < -0.3 is 10.2 Å². The Morgan fingerprint density at radius 2 is 2.20 bits per heavy atom. The van der Waals surface area contributed by atoms with Crippen molar-refractivity contribution in [2.45, 2.75) is 26.4 Å². The van der Waals surface area contributed by atoms with Crippen molar-refractivity contribution in [1.29, 1.82) is 0 Å². The Morgan fingerprint density at radius 3 is 2.93 bits per heavy atom. The zero-order chi connectivity index (χ0) is 10.8. The second kappa shape index (κ2) is 3.93. The predicted molar refractivity (Wildman–Crippen MR) is 60.6 cm³/mol. The molecule has 1 heterocycles. The maximum absolute atomic E-state index is 11.5. The lowest BCUT2D eigenvalue weighted by Gasteiger charge is -2.25. The minimum Gasteiger partial charge on any atom is -0.383 e. The van der Waals surface area contributed by atoms with Gasteiger partial charge in [-0.15, -0.1) is 0 Å². The van der Waals surface area contributed by atoms with Crippen molar-refractivity contribution in [2.75, 3.05) is 11.9 Å². The van der Waals surface area contributed by atoms with Gasteiger partial charge in [0.15, 0.2) is 0 Å². The molecule has 0 bridgehead atoms. The molecule has 1 N–H and O–H groups in total. The van der Waals surface area contributed by atoms with Crippen LogP contribution >= 0.6 is 0 Å². The van der Waals surface area contributed by atoms with Crippen LogP contribution in [0, 0.1) is 0 Å². The molecule has 0 saturated heterocycles. The van der Waals surface area contributed by atoms with E-state index < -0.39 is 0 Å². The first-order valence-electron chi connectivity index (χ1n) is 5.27. The Morgan fingerprint density at radius 1 is 1.47 bits per heavy atom. The largest absolute Gasteiger partial charge is 0.383 e. The number of hydrogen-bond acceptors (Lipinski definition) is 2. The van der Waals surface area contributed by atoms with Gasteiger partial charge in [0, 0.05) is 31.7 Å². The molecule has 0 unspecified atom stereocenters. The lowest BCUT2D eigenvalue weighted by Crippen LogP contribution is -2.38. The van der Waals surface area contributed by atoms with Crippen molar-refractivity contribution < 1.29 is 4.79 Å². The average molecular weight is 204 g/mol. The molecule has 3 nitrogen and oxygen atoms in total. The number of fused-ring (bicyclic) bond motifs is 1. The molecule has 80 valence electrons. The number of carbonyl (C=O) groups excluding carboxylic acids is 1. The van der Waals surface area contributed by atoms with Gasteiger partial charge in [0.2, 0.25) is 5.91 Å². The molecule has 0 aromatic heterocycles. The van der Waals surface area contributed by atoms with Gasteiger partial charge in [0.1, 0.15) is 0 Å². The van der Waals surface area contributed by atoms with Crippen LogP contribution in [0.2, 0.25) is 0 Å². The maximum Gasteiger partial charge on any atom is 0.220 e. The zero-order valence-electron chi connectivity index (χ0n) is 9.16. The number of hydrogen-bond donors (Lipinski definition) is 1. The Kier molecular flexibility index (Phi) is 2.62. The topological polar surface area (TPSA) is 32.3 Å². The van der Waals surface area contributed by atoms with E-state index in [1.807, 2.05) is 17.0 Å². The molecule has 1 aromatic carbocycles. The number of nitrogens with one attached hydrogen (secondary N) is 1. The maximum atomic E-state index is 11.5. The first-order valence-corrected chi connectivity index (χ1v) is 5.27. The standard InChI is InChI=1S/C12H16N2O/c1-9-7-13-12-6-4-3-5-11(12)8-14(9)10(2)15/h3-6,9,13H,7-8H2,1-2H3/t9-/m1/s1. The zero-order valence-corrected chi connectivity index (χ0v) is 9.16. The number of benzene rings is 1. The highest BCUT2D eigenvalue weighted by Crippen LogP contribution is 2.21. The van der Waals surface area contributed by atoms with Crippen LogP contribution in [0.4, 0.5) is 5.69 Å². The number of para-hydroxylation sites is 1. The molecule has 0 radical (unpaired) electrons. The summed E-state index contributed by atoms with van der Waals surface area (Å²) in [4.78, 5) is 13.4. The highest BCUT2D eigenvalue weighted by Gasteiger charge is 2.21. The number of rotatable bonds is 0. The molecule has 2 rings (SSSR count). The number of anilines is 1. The third kappa shape index (κ3) is 1.96. The van der Waals surface area contributed by atoms with Gasteiger partial charge in [-0.2, -0.15) is 0 Å². The Labute approximate surface area is 90.1 Å². The van der Waals surface area contributed by atoms with Crippen molar-refractivity contribution >= 4 is 11.6 Å². The predicted octanol–water partition coefficient (Wildman–Crippen LogP) is 1.85. The van der Waals surface area contributed by atoms with Crippen LogP contribution in [-0.4, -0.2) is 23.4 Å². The molecule has 1 aliphatic rings. The summed E-state index contributed by atoms with van der Waals surface area (Å²) in [5.74, 6) is 0.140. The molecule has 1 atom stereocenters. The quantitative estimate of drug-likeness (QED) is 0.699. The van der Waals surface area contributed by atoms with Crippen molar-refractivity contribution in [1.82, 2.24) is 4.90 Å². The summed E-state index contributed by atoms with van der Waals surface area (Å²) in [6.45, 7) is 5.22. The van der Waals surface area contributed by atoms with Gasteiger partial charge in [-0.25, -0.2) is 0 Å². The highest BCUT2D eigenvalue weighted by atomic mass is 16.2. The molecule has 1 amide bonds. The molecule has 1 aliphatic heterocycles. The highest BCUT2D eigenvalue weighted by molar-refractivity contribution is 5.74. The summed E-state index contributed by atoms with van der Waals surface area (Å²) in [6.07, 6.45) is 0. The molecule has 1 aromatic rings. The fourth-order valence-electron chi connectivity index (χ4n) is 1.96. The van der Waals surface area contributed by atoms with Crippen LogP contribution < -0.4 is 5.32 Å². The summed E-state index contributed by atoms with van der Waals surface area (Å²) in [6, 6.07) is 8.39.